The van der Waals surface area contributed by atoms with Gasteiger partial charge in [-0.3, -0.25) is 4.79 Å². The van der Waals surface area contributed by atoms with Crippen LogP contribution in [0.2, 0.25) is 0 Å². The number of carboxylic acids is 1. The fourth-order valence-electron chi connectivity index (χ4n) is 1.32. The molecule has 0 aliphatic carbocycles. The second kappa shape index (κ2) is 8.03. The van der Waals surface area contributed by atoms with E-state index in [0.717, 1.165) is 24.3 Å². The van der Waals surface area contributed by atoms with Crippen molar-refractivity contribution in [3.05, 3.63) is 35.4 Å². The second-order valence-corrected chi connectivity index (χ2v) is 3.37. The van der Waals surface area contributed by atoms with E-state index in [1.54, 1.807) is 18.2 Å². The molecule has 0 bridgehead atoms. The first-order valence-corrected chi connectivity index (χ1v) is 5.23. The third-order valence-corrected chi connectivity index (χ3v) is 2.09. The molecule has 0 aliphatic heterocycles. The van der Waals surface area contributed by atoms with Crippen LogP contribution in [-0.4, -0.2) is 29.2 Å². The molecule has 0 heterocycles. The second-order valence-electron chi connectivity index (χ2n) is 3.37. The topological polar surface area (TPSA) is 86.6 Å². The number of aliphatic carboxylic acids is 1. The van der Waals surface area contributed by atoms with Crippen LogP contribution in [0.1, 0.15) is 18.1 Å². The molecule has 5 nitrogen and oxygen atoms in total. The van der Waals surface area contributed by atoms with Crippen molar-refractivity contribution < 1.29 is 19.8 Å². The molecule has 0 unspecified atom stereocenters. The Kier molecular flexibility index (Phi) is 7.07. The number of amides is 1. The Hall–Kier alpha value is -2.14. The minimum Gasteiger partial charge on any atom is -0.478 e. The zero-order valence-electron chi connectivity index (χ0n) is 10.6. The van der Waals surface area contributed by atoms with Crippen molar-refractivity contribution in [1.29, 1.82) is 0 Å². The van der Waals surface area contributed by atoms with Gasteiger partial charge in [-0.2, -0.15) is 0 Å². The summed E-state index contributed by atoms with van der Waals surface area (Å²) in [4.78, 5) is 21.3. The molecule has 0 saturated carbocycles. The Balaban J connectivity index is 0.00000137. The SMILES string of the molecule is CC(=O)Nc1cccc(/C=C/C(=O)O)c1C.CO. The molecule has 0 aromatic heterocycles. The summed E-state index contributed by atoms with van der Waals surface area (Å²) in [6.45, 7) is 3.26. The van der Waals surface area contributed by atoms with E-state index >= 15 is 0 Å². The largest absolute Gasteiger partial charge is 0.478 e. The summed E-state index contributed by atoms with van der Waals surface area (Å²) in [6.07, 6.45) is 2.57. The van der Waals surface area contributed by atoms with Gasteiger partial charge >= 0.3 is 5.97 Å². The van der Waals surface area contributed by atoms with Gasteiger partial charge in [0.2, 0.25) is 5.91 Å². The Bertz CT molecular complexity index is 452. The van der Waals surface area contributed by atoms with Crippen LogP contribution in [-0.2, 0) is 9.59 Å². The zero-order valence-corrected chi connectivity index (χ0v) is 10.6. The van der Waals surface area contributed by atoms with Gasteiger partial charge in [-0.15, -0.1) is 0 Å². The summed E-state index contributed by atoms with van der Waals surface area (Å²) in [6, 6.07) is 5.33. The lowest BCUT2D eigenvalue weighted by molar-refractivity contribution is -0.131. The lowest BCUT2D eigenvalue weighted by Gasteiger charge is -2.08. The van der Waals surface area contributed by atoms with Gasteiger partial charge in [0, 0.05) is 25.8 Å². The number of benzene rings is 1. The number of anilines is 1. The van der Waals surface area contributed by atoms with E-state index in [-0.39, 0.29) is 5.91 Å². The van der Waals surface area contributed by atoms with Gasteiger partial charge < -0.3 is 15.5 Å². The minimum atomic E-state index is -0.996. The molecule has 0 aliphatic rings. The molecule has 0 spiro atoms. The molecule has 98 valence electrons. The van der Waals surface area contributed by atoms with Crippen LogP contribution in [0.4, 0.5) is 5.69 Å². The van der Waals surface area contributed by atoms with Gasteiger partial charge in [0.25, 0.3) is 0 Å². The summed E-state index contributed by atoms with van der Waals surface area (Å²) >= 11 is 0. The van der Waals surface area contributed by atoms with Crippen LogP contribution in [0, 0.1) is 6.92 Å². The normalized spacial score (nSPS) is 9.56. The van der Waals surface area contributed by atoms with Gasteiger partial charge in [0.1, 0.15) is 0 Å². The number of aliphatic hydroxyl groups is 1. The molecule has 1 aromatic carbocycles. The first-order chi connectivity index (χ1) is 8.50. The lowest BCUT2D eigenvalue weighted by atomic mass is 10.1. The highest BCUT2D eigenvalue weighted by Crippen LogP contribution is 2.19. The van der Waals surface area contributed by atoms with Crippen LogP contribution >= 0.6 is 0 Å². The fraction of sp³-hybridized carbons (Fsp3) is 0.231. The van der Waals surface area contributed by atoms with E-state index in [2.05, 4.69) is 5.32 Å². The van der Waals surface area contributed by atoms with Crippen LogP contribution in [0.15, 0.2) is 24.3 Å². The molecule has 0 atom stereocenters. The molecule has 0 saturated heterocycles. The van der Waals surface area contributed by atoms with Gasteiger partial charge in [0.15, 0.2) is 0 Å². The quantitative estimate of drug-likeness (QED) is 0.713. The summed E-state index contributed by atoms with van der Waals surface area (Å²) in [5.41, 5.74) is 2.31. The maximum absolute atomic E-state index is 10.9. The predicted molar refractivity (Wildman–Crippen MR) is 70.3 cm³/mol. The highest BCUT2D eigenvalue weighted by atomic mass is 16.4. The van der Waals surface area contributed by atoms with Crippen molar-refractivity contribution in [3.63, 3.8) is 0 Å². The number of rotatable bonds is 3. The van der Waals surface area contributed by atoms with Crippen molar-refractivity contribution in [2.45, 2.75) is 13.8 Å². The number of hydrogen-bond donors (Lipinski definition) is 3. The summed E-state index contributed by atoms with van der Waals surface area (Å²) in [5, 5.41) is 18.2. The average Bonchev–Trinajstić information content (AvgIpc) is 2.32. The molecule has 1 aromatic rings. The van der Waals surface area contributed by atoms with E-state index in [1.165, 1.54) is 13.0 Å². The molecule has 0 fully saturated rings. The molecule has 18 heavy (non-hydrogen) atoms. The molecule has 0 radical (unpaired) electrons. The third-order valence-electron chi connectivity index (χ3n) is 2.09. The van der Waals surface area contributed by atoms with E-state index in [0.29, 0.717) is 5.69 Å². The Morgan fingerprint density at radius 2 is 1.89 bits per heavy atom. The number of carboxylic acid groups (broad SMARTS) is 1. The Labute approximate surface area is 106 Å². The number of carbonyl (C=O) groups excluding carboxylic acids is 1. The lowest BCUT2D eigenvalue weighted by Crippen LogP contribution is -2.07. The van der Waals surface area contributed by atoms with Crippen molar-refractivity contribution >= 4 is 23.6 Å². The highest BCUT2D eigenvalue weighted by molar-refractivity contribution is 5.91. The van der Waals surface area contributed by atoms with E-state index < -0.39 is 5.97 Å². The third kappa shape index (κ3) is 5.27. The molecule has 1 amide bonds. The van der Waals surface area contributed by atoms with Crippen LogP contribution in [0.3, 0.4) is 0 Å². The molecular formula is C13H17NO4. The fourth-order valence-corrected chi connectivity index (χ4v) is 1.32. The molecular weight excluding hydrogens is 234 g/mol. The van der Waals surface area contributed by atoms with Crippen molar-refractivity contribution in [2.24, 2.45) is 0 Å². The van der Waals surface area contributed by atoms with Gasteiger partial charge in [0.05, 0.1) is 0 Å². The van der Waals surface area contributed by atoms with E-state index in [1.807, 2.05) is 6.92 Å². The van der Waals surface area contributed by atoms with E-state index in [9.17, 15) is 9.59 Å². The van der Waals surface area contributed by atoms with Crippen LogP contribution in [0.25, 0.3) is 6.08 Å². The van der Waals surface area contributed by atoms with Gasteiger partial charge in [-0.25, -0.2) is 4.79 Å². The number of nitrogens with one attached hydrogen (secondary N) is 1. The Morgan fingerprint density at radius 3 is 2.39 bits per heavy atom. The monoisotopic (exact) mass is 251 g/mol. The number of hydrogen-bond acceptors (Lipinski definition) is 3. The summed E-state index contributed by atoms with van der Waals surface area (Å²) < 4.78 is 0. The first-order valence-electron chi connectivity index (χ1n) is 5.23. The molecule has 3 N–H and O–H groups in total. The predicted octanol–water partition coefficient (Wildman–Crippen LogP) is 1.66. The molecule has 1 rings (SSSR count). The van der Waals surface area contributed by atoms with Crippen molar-refractivity contribution in [2.75, 3.05) is 12.4 Å². The zero-order chi connectivity index (χ0) is 14.1. The Morgan fingerprint density at radius 1 is 1.28 bits per heavy atom. The van der Waals surface area contributed by atoms with E-state index in [4.69, 9.17) is 10.2 Å². The van der Waals surface area contributed by atoms with Crippen molar-refractivity contribution in [1.82, 2.24) is 0 Å². The van der Waals surface area contributed by atoms with Crippen LogP contribution in [0.5, 0.6) is 0 Å². The van der Waals surface area contributed by atoms with Gasteiger partial charge in [-0.1, -0.05) is 12.1 Å². The number of carbonyl (C=O) groups is 2. The smallest absolute Gasteiger partial charge is 0.328 e. The highest BCUT2D eigenvalue weighted by Gasteiger charge is 2.03. The first kappa shape index (κ1) is 15.9. The standard InChI is InChI=1S/C12H13NO3.CH4O/c1-8-10(6-7-12(15)16)4-3-5-11(8)13-9(2)14;1-2/h3-7H,1-2H3,(H,13,14)(H,15,16);2H,1H3/b7-6+;. The minimum absolute atomic E-state index is 0.150. The maximum atomic E-state index is 10.9. The van der Waals surface area contributed by atoms with Gasteiger partial charge in [-0.05, 0) is 30.2 Å². The summed E-state index contributed by atoms with van der Waals surface area (Å²) in [7, 11) is 1.00. The summed E-state index contributed by atoms with van der Waals surface area (Å²) in [5.74, 6) is -1.15. The number of aliphatic hydroxyl groups excluding tert-OH is 1. The van der Waals surface area contributed by atoms with Crippen LogP contribution < -0.4 is 5.32 Å². The maximum Gasteiger partial charge on any atom is 0.328 e. The molecule has 5 heteroatoms. The van der Waals surface area contributed by atoms with Crippen molar-refractivity contribution in [3.8, 4) is 0 Å². The average molecular weight is 251 g/mol.